The van der Waals surface area contributed by atoms with Gasteiger partial charge in [0, 0.05) is 30.4 Å². The zero-order chi connectivity index (χ0) is 14.7. The molecule has 1 unspecified atom stereocenters. The molecule has 114 valence electrons. The molecule has 1 fully saturated rings. The highest BCUT2D eigenvalue weighted by Crippen LogP contribution is 2.20. The molecule has 1 aromatic heterocycles. The summed E-state index contributed by atoms with van der Waals surface area (Å²) in [4.78, 5) is 4.87. The van der Waals surface area contributed by atoms with Gasteiger partial charge < -0.3 is 10.0 Å². The van der Waals surface area contributed by atoms with Gasteiger partial charge in [-0.3, -0.25) is 9.58 Å². The van der Waals surface area contributed by atoms with Crippen LogP contribution in [-0.2, 0) is 13.1 Å². The van der Waals surface area contributed by atoms with Crippen molar-refractivity contribution in [2.24, 2.45) is 0 Å². The zero-order valence-corrected chi connectivity index (χ0v) is 13.3. The number of hydrogen-bond donors (Lipinski definition) is 1. The van der Waals surface area contributed by atoms with Crippen molar-refractivity contribution in [2.45, 2.75) is 45.8 Å². The molecule has 0 aliphatic carbocycles. The van der Waals surface area contributed by atoms with E-state index in [1.54, 1.807) is 0 Å². The van der Waals surface area contributed by atoms with E-state index >= 15 is 0 Å². The van der Waals surface area contributed by atoms with E-state index in [1.807, 2.05) is 4.68 Å². The predicted octanol–water partition coefficient (Wildman–Crippen LogP) is 1.02. The molecule has 2 heterocycles. The van der Waals surface area contributed by atoms with Gasteiger partial charge in [-0.2, -0.15) is 5.10 Å². The van der Waals surface area contributed by atoms with Gasteiger partial charge in [0.2, 0.25) is 0 Å². The number of rotatable bonds is 5. The molecule has 0 saturated carbocycles. The molecule has 1 aliphatic rings. The van der Waals surface area contributed by atoms with Crippen LogP contribution in [0.15, 0.2) is 0 Å². The summed E-state index contributed by atoms with van der Waals surface area (Å²) in [5.41, 5.74) is 3.63. The Hall–Kier alpha value is -0.910. The van der Waals surface area contributed by atoms with Crippen molar-refractivity contribution in [1.82, 2.24) is 19.6 Å². The SMILES string of the molecule is Cc1nn(CCO)c(C)c1CN1CCCC(N(C)C)C1. The Morgan fingerprint density at radius 2 is 2.10 bits per heavy atom. The predicted molar refractivity (Wildman–Crippen MR) is 80.8 cm³/mol. The van der Waals surface area contributed by atoms with Crippen molar-refractivity contribution in [3.05, 3.63) is 17.0 Å². The van der Waals surface area contributed by atoms with Crippen LogP contribution in [0.25, 0.3) is 0 Å². The van der Waals surface area contributed by atoms with Crippen molar-refractivity contribution in [1.29, 1.82) is 0 Å². The molecule has 20 heavy (non-hydrogen) atoms. The summed E-state index contributed by atoms with van der Waals surface area (Å²) in [5, 5.41) is 13.6. The third-order valence-electron chi connectivity index (χ3n) is 4.44. The van der Waals surface area contributed by atoms with Gasteiger partial charge in [0.15, 0.2) is 0 Å². The monoisotopic (exact) mass is 280 g/mol. The molecular formula is C15H28N4O. The van der Waals surface area contributed by atoms with Gasteiger partial charge in [-0.15, -0.1) is 0 Å². The van der Waals surface area contributed by atoms with E-state index in [0.717, 1.165) is 18.8 Å². The van der Waals surface area contributed by atoms with Gasteiger partial charge in [-0.1, -0.05) is 0 Å². The van der Waals surface area contributed by atoms with E-state index in [9.17, 15) is 0 Å². The second-order valence-corrected chi connectivity index (χ2v) is 6.09. The molecule has 0 bridgehead atoms. The van der Waals surface area contributed by atoms with Crippen LogP contribution < -0.4 is 0 Å². The smallest absolute Gasteiger partial charge is 0.0644 e. The maximum Gasteiger partial charge on any atom is 0.0644 e. The summed E-state index contributed by atoms with van der Waals surface area (Å²) in [6.45, 7) is 8.21. The molecule has 1 N–H and O–H groups in total. The normalized spacial score (nSPS) is 20.8. The van der Waals surface area contributed by atoms with Crippen LogP contribution in [0, 0.1) is 13.8 Å². The van der Waals surface area contributed by atoms with Crippen LogP contribution in [0.2, 0.25) is 0 Å². The van der Waals surface area contributed by atoms with Crippen LogP contribution in [0.4, 0.5) is 0 Å². The summed E-state index contributed by atoms with van der Waals surface area (Å²) in [6, 6.07) is 0.664. The first-order valence-electron chi connectivity index (χ1n) is 7.55. The van der Waals surface area contributed by atoms with E-state index < -0.39 is 0 Å². The van der Waals surface area contributed by atoms with Crippen molar-refractivity contribution in [3.8, 4) is 0 Å². The second-order valence-electron chi connectivity index (χ2n) is 6.09. The van der Waals surface area contributed by atoms with Gasteiger partial charge in [-0.25, -0.2) is 0 Å². The Kier molecular flexibility index (Phi) is 5.18. The first-order valence-corrected chi connectivity index (χ1v) is 7.55. The molecule has 1 atom stereocenters. The summed E-state index contributed by atoms with van der Waals surface area (Å²) < 4.78 is 1.93. The van der Waals surface area contributed by atoms with Crippen molar-refractivity contribution >= 4 is 0 Å². The first-order chi connectivity index (χ1) is 9.52. The number of piperidine rings is 1. The maximum absolute atomic E-state index is 9.08. The summed E-state index contributed by atoms with van der Waals surface area (Å²) in [5.74, 6) is 0. The molecule has 1 saturated heterocycles. The van der Waals surface area contributed by atoms with Crippen LogP contribution in [0.1, 0.15) is 29.8 Å². The largest absolute Gasteiger partial charge is 0.394 e. The minimum Gasteiger partial charge on any atom is -0.394 e. The van der Waals surface area contributed by atoms with E-state index in [1.165, 1.54) is 30.6 Å². The molecule has 0 spiro atoms. The highest BCUT2D eigenvalue weighted by molar-refractivity contribution is 5.24. The lowest BCUT2D eigenvalue weighted by Crippen LogP contribution is -2.44. The van der Waals surface area contributed by atoms with E-state index in [0.29, 0.717) is 12.6 Å². The van der Waals surface area contributed by atoms with Crippen LogP contribution >= 0.6 is 0 Å². The third-order valence-corrected chi connectivity index (χ3v) is 4.44. The topological polar surface area (TPSA) is 44.5 Å². The van der Waals surface area contributed by atoms with Crippen molar-refractivity contribution < 1.29 is 5.11 Å². The van der Waals surface area contributed by atoms with Crippen LogP contribution in [0.5, 0.6) is 0 Å². The Labute approximate surface area is 122 Å². The number of nitrogens with zero attached hydrogens (tertiary/aromatic N) is 4. The molecule has 5 heteroatoms. The molecule has 2 rings (SSSR count). The lowest BCUT2D eigenvalue weighted by atomic mass is 10.0. The molecule has 0 amide bonds. The molecule has 1 aliphatic heterocycles. The lowest BCUT2D eigenvalue weighted by Gasteiger charge is -2.36. The highest BCUT2D eigenvalue weighted by Gasteiger charge is 2.23. The van der Waals surface area contributed by atoms with E-state index in [-0.39, 0.29) is 6.61 Å². The average Bonchev–Trinajstić information content (AvgIpc) is 2.67. The number of aliphatic hydroxyl groups is 1. The lowest BCUT2D eigenvalue weighted by molar-refractivity contribution is 0.127. The Bertz CT molecular complexity index is 441. The van der Waals surface area contributed by atoms with Crippen LogP contribution in [0.3, 0.4) is 0 Å². The zero-order valence-electron chi connectivity index (χ0n) is 13.3. The second kappa shape index (κ2) is 6.70. The van der Waals surface area contributed by atoms with Crippen LogP contribution in [-0.4, -0.2) is 64.5 Å². The Morgan fingerprint density at radius 3 is 2.75 bits per heavy atom. The van der Waals surface area contributed by atoms with Gasteiger partial charge in [0.25, 0.3) is 0 Å². The summed E-state index contributed by atoms with van der Waals surface area (Å²) >= 11 is 0. The Balaban J connectivity index is 2.06. The quantitative estimate of drug-likeness (QED) is 0.874. The van der Waals surface area contributed by atoms with Gasteiger partial charge in [-0.05, 0) is 47.3 Å². The number of aromatic nitrogens is 2. The number of aryl methyl sites for hydroxylation is 1. The number of hydrogen-bond acceptors (Lipinski definition) is 4. The minimum absolute atomic E-state index is 0.147. The number of likely N-dealkylation sites (tertiary alicyclic amines) is 1. The Morgan fingerprint density at radius 1 is 1.35 bits per heavy atom. The molecule has 0 radical (unpaired) electrons. The fourth-order valence-electron chi connectivity index (χ4n) is 3.10. The highest BCUT2D eigenvalue weighted by atomic mass is 16.3. The summed E-state index contributed by atoms with van der Waals surface area (Å²) in [7, 11) is 4.34. The van der Waals surface area contributed by atoms with Crippen molar-refractivity contribution in [3.63, 3.8) is 0 Å². The molecule has 0 aromatic carbocycles. The van der Waals surface area contributed by atoms with Gasteiger partial charge in [0.1, 0.15) is 0 Å². The number of aliphatic hydroxyl groups excluding tert-OH is 1. The van der Waals surface area contributed by atoms with E-state index in [2.05, 4.69) is 42.8 Å². The average molecular weight is 280 g/mol. The van der Waals surface area contributed by atoms with E-state index in [4.69, 9.17) is 5.11 Å². The fourth-order valence-corrected chi connectivity index (χ4v) is 3.10. The van der Waals surface area contributed by atoms with Gasteiger partial charge >= 0.3 is 0 Å². The fraction of sp³-hybridized carbons (Fsp3) is 0.800. The molecule has 5 nitrogen and oxygen atoms in total. The van der Waals surface area contributed by atoms with Gasteiger partial charge in [0.05, 0.1) is 18.8 Å². The van der Waals surface area contributed by atoms with Crippen molar-refractivity contribution in [2.75, 3.05) is 33.8 Å². The minimum atomic E-state index is 0.147. The maximum atomic E-state index is 9.08. The summed E-state index contributed by atoms with van der Waals surface area (Å²) in [6.07, 6.45) is 2.57. The number of likely N-dealkylation sites (N-methyl/N-ethyl adjacent to an activating group) is 1. The molecule has 1 aromatic rings. The molecular weight excluding hydrogens is 252 g/mol. The standard InChI is InChI=1S/C15H28N4O/c1-12-15(13(2)19(16-12)8-9-20)11-18-7-5-6-14(10-18)17(3)4/h14,20H,5-11H2,1-4H3. The third kappa shape index (κ3) is 3.40. The first kappa shape index (κ1) is 15.5.